The number of allylic oxidation sites excluding steroid dienone is 4. The summed E-state index contributed by atoms with van der Waals surface area (Å²) >= 11 is 1.36. The number of rotatable bonds is 18. The van der Waals surface area contributed by atoms with Crippen LogP contribution in [0.3, 0.4) is 0 Å². The summed E-state index contributed by atoms with van der Waals surface area (Å²) in [5, 5.41) is 32.7. The quantitative estimate of drug-likeness (QED) is 0.0566. The van der Waals surface area contributed by atoms with Crippen LogP contribution in [0.15, 0.2) is 71.4 Å². The van der Waals surface area contributed by atoms with Crippen molar-refractivity contribution in [3.63, 3.8) is 0 Å². The molecule has 3 unspecified atom stereocenters. The van der Waals surface area contributed by atoms with E-state index in [0.717, 1.165) is 49.7 Å². The van der Waals surface area contributed by atoms with E-state index in [1.165, 1.54) is 23.4 Å². The minimum absolute atomic E-state index is 0.0136. The second-order valence-electron chi connectivity index (χ2n) is 11.9. The van der Waals surface area contributed by atoms with Crippen molar-refractivity contribution in [1.29, 1.82) is 0 Å². The lowest BCUT2D eigenvalue weighted by Crippen LogP contribution is -2.63. The fourth-order valence-electron chi connectivity index (χ4n) is 6.10. The van der Waals surface area contributed by atoms with Gasteiger partial charge in [-0.15, -0.1) is 0 Å². The molecular weight excluding hydrogens is 566 g/mol. The fourth-order valence-corrected chi connectivity index (χ4v) is 7.71. The number of nitrogens with zero attached hydrogens (tertiary/aromatic N) is 1. The lowest BCUT2D eigenvalue weighted by molar-refractivity contribution is -0.269. The Bertz CT molecular complexity index is 1110. The smallest absolute Gasteiger partial charge is 0.355 e. The molecule has 0 saturated carbocycles. The van der Waals surface area contributed by atoms with Crippen LogP contribution in [0.5, 0.6) is 0 Å². The molecule has 8 nitrogen and oxygen atoms in total. The van der Waals surface area contributed by atoms with Crippen LogP contribution in [0, 0.1) is 17.8 Å². The minimum atomic E-state index is -1.55. The van der Waals surface area contributed by atoms with Gasteiger partial charge in [-0.05, 0) is 52.4 Å². The largest absolute Gasteiger partial charge is 0.457 e. The number of unbranched alkanes of at least 4 members (excludes halogenated alkanes) is 2. The molecule has 0 amide bonds. The highest BCUT2D eigenvalue weighted by atomic mass is 32.2. The van der Waals surface area contributed by atoms with E-state index in [1.54, 1.807) is 11.8 Å². The van der Waals surface area contributed by atoms with E-state index in [1.807, 2.05) is 19.1 Å². The molecule has 9 heteroatoms. The number of esters is 1. The molecule has 240 valence electrons. The lowest BCUT2D eigenvalue weighted by atomic mass is 9.72. The maximum atomic E-state index is 12.9. The first-order chi connectivity index (χ1) is 20.5. The molecule has 0 aromatic carbocycles. The third kappa shape index (κ3) is 8.53. The standard InChI is InChI=1S/C34H51NO7S/c1-8-11-12-13-25(10-3)16-17-34(39,27-19-23(6)14-15-26(27)22(4)5)42-21-40-20-28-30(33(38)41-18-9-2)35-31(37)29(24(7)36)32(35)43-28/h9-10,16,19,24,26-27,29,31-32,36-37,39H,2-4,8,11-15,17-18,20-21H2,1,5-7H3/b25-16+/t24-,26+,27-,29+,31?,32?,34?/m1/s1. The Kier molecular flexibility index (Phi) is 13.4. The van der Waals surface area contributed by atoms with Crippen molar-refractivity contribution in [2.75, 3.05) is 20.0 Å². The SMILES string of the molecule is C=CCOC(=O)C1=C(COCOC(O)(C/C=C(\C=C)CCCCC)[C@@H]2C=C(C)CC[C@H]2C(=C)C)SC2[C@@H]([C@@H](C)O)C(O)N12. The van der Waals surface area contributed by atoms with Gasteiger partial charge < -0.3 is 34.4 Å². The van der Waals surface area contributed by atoms with Crippen LogP contribution < -0.4 is 0 Å². The molecule has 1 aliphatic carbocycles. The summed E-state index contributed by atoms with van der Waals surface area (Å²) in [6, 6.07) is 0. The summed E-state index contributed by atoms with van der Waals surface area (Å²) in [5.41, 5.74) is 3.49. The Morgan fingerprint density at radius 1 is 1.33 bits per heavy atom. The van der Waals surface area contributed by atoms with E-state index in [2.05, 4.69) is 39.7 Å². The topological polar surface area (TPSA) is 109 Å². The summed E-state index contributed by atoms with van der Waals surface area (Å²) in [7, 11) is 0. The molecule has 0 aromatic rings. The van der Waals surface area contributed by atoms with Gasteiger partial charge in [0.05, 0.1) is 24.0 Å². The van der Waals surface area contributed by atoms with Crippen LogP contribution in [0.1, 0.15) is 72.6 Å². The van der Waals surface area contributed by atoms with Crippen molar-refractivity contribution in [3.8, 4) is 0 Å². The summed E-state index contributed by atoms with van der Waals surface area (Å²) in [4.78, 5) is 15.1. The number of hydrogen-bond donors (Lipinski definition) is 3. The number of aliphatic hydroxyl groups is 3. The molecule has 0 radical (unpaired) electrons. The number of carbonyl (C=O) groups is 1. The Morgan fingerprint density at radius 3 is 2.70 bits per heavy atom. The predicted octanol–water partition coefficient (Wildman–Crippen LogP) is 5.94. The minimum Gasteiger partial charge on any atom is -0.457 e. The van der Waals surface area contributed by atoms with Gasteiger partial charge in [0, 0.05) is 17.2 Å². The Morgan fingerprint density at radius 2 is 2.07 bits per heavy atom. The van der Waals surface area contributed by atoms with Gasteiger partial charge in [-0.1, -0.05) is 92.3 Å². The Labute approximate surface area is 261 Å². The number of aliphatic hydroxyl groups excluding tert-OH is 2. The van der Waals surface area contributed by atoms with E-state index >= 15 is 0 Å². The van der Waals surface area contributed by atoms with E-state index in [-0.39, 0.29) is 49.3 Å². The molecule has 0 spiro atoms. The van der Waals surface area contributed by atoms with Crippen LogP contribution in [0.25, 0.3) is 0 Å². The number of carbonyl (C=O) groups excluding carboxylic acids is 1. The van der Waals surface area contributed by atoms with Gasteiger partial charge in [0.15, 0.2) is 12.6 Å². The predicted molar refractivity (Wildman–Crippen MR) is 171 cm³/mol. The van der Waals surface area contributed by atoms with Gasteiger partial charge in [-0.2, -0.15) is 0 Å². The Hall–Kier alpha value is -2.14. The molecule has 1 fully saturated rings. The maximum absolute atomic E-state index is 12.9. The lowest BCUT2D eigenvalue weighted by Gasteiger charge is -2.51. The van der Waals surface area contributed by atoms with Crippen molar-refractivity contribution < 1.29 is 34.3 Å². The highest BCUT2D eigenvalue weighted by Crippen LogP contribution is 2.52. The summed E-state index contributed by atoms with van der Waals surface area (Å²) in [6.45, 7) is 19.5. The monoisotopic (exact) mass is 617 g/mol. The molecule has 7 atom stereocenters. The molecule has 3 aliphatic rings. The summed E-state index contributed by atoms with van der Waals surface area (Å²) in [5.74, 6) is -2.82. The first kappa shape index (κ1) is 35.3. The van der Waals surface area contributed by atoms with Gasteiger partial charge >= 0.3 is 5.97 Å². The zero-order chi connectivity index (χ0) is 31.7. The second-order valence-corrected chi connectivity index (χ2v) is 13.1. The molecule has 43 heavy (non-hydrogen) atoms. The average molecular weight is 618 g/mol. The number of fused-ring (bicyclic) bond motifs is 1. The van der Waals surface area contributed by atoms with E-state index in [0.29, 0.717) is 4.91 Å². The van der Waals surface area contributed by atoms with Gasteiger partial charge in [-0.3, -0.25) is 0 Å². The van der Waals surface area contributed by atoms with E-state index < -0.39 is 30.0 Å². The normalized spacial score (nSPS) is 27.5. The highest BCUT2D eigenvalue weighted by Gasteiger charge is 2.57. The molecule has 0 bridgehead atoms. The highest BCUT2D eigenvalue weighted by molar-refractivity contribution is 8.04. The van der Waals surface area contributed by atoms with Crippen molar-refractivity contribution in [2.45, 2.75) is 96.1 Å². The van der Waals surface area contributed by atoms with Crippen LogP contribution in [-0.2, 0) is 19.0 Å². The van der Waals surface area contributed by atoms with Crippen LogP contribution in [0.4, 0.5) is 0 Å². The van der Waals surface area contributed by atoms with Crippen molar-refractivity contribution >= 4 is 17.7 Å². The number of hydrogen-bond acceptors (Lipinski definition) is 9. The molecule has 1 saturated heterocycles. The number of thioether (sulfide) groups is 1. The second kappa shape index (κ2) is 16.3. The van der Waals surface area contributed by atoms with Crippen molar-refractivity contribution in [1.82, 2.24) is 4.90 Å². The zero-order valence-corrected chi connectivity index (χ0v) is 27.1. The van der Waals surface area contributed by atoms with Gasteiger partial charge in [-0.25, -0.2) is 4.79 Å². The van der Waals surface area contributed by atoms with Crippen molar-refractivity contribution in [3.05, 3.63) is 71.4 Å². The Balaban J connectivity index is 1.79. The van der Waals surface area contributed by atoms with Crippen LogP contribution >= 0.6 is 11.8 Å². The molecule has 3 N–H and O–H groups in total. The molecular formula is C34H51NO7S. The molecule has 2 aliphatic heterocycles. The molecule has 0 aromatic heterocycles. The molecule has 3 rings (SSSR count). The third-order valence-electron chi connectivity index (χ3n) is 8.62. The maximum Gasteiger partial charge on any atom is 0.355 e. The van der Waals surface area contributed by atoms with Crippen LogP contribution in [0.2, 0.25) is 0 Å². The zero-order valence-electron chi connectivity index (χ0n) is 26.3. The van der Waals surface area contributed by atoms with Gasteiger partial charge in [0.1, 0.15) is 18.5 Å². The number of ether oxygens (including phenoxy) is 3. The summed E-state index contributed by atoms with van der Waals surface area (Å²) < 4.78 is 17.4. The average Bonchev–Trinajstić information content (AvgIpc) is 3.29. The van der Waals surface area contributed by atoms with E-state index in [9.17, 15) is 20.1 Å². The van der Waals surface area contributed by atoms with Gasteiger partial charge in [0.2, 0.25) is 0 Å². The summed E-state index contributed by atoms with van der Waals surface area (Å²) in [6.07, 6.45) is 12.0. The van der Waals surface area contributed by atoms with Crippen LogP contribution in [-0.4, -0.2) is 69.7 Å². The first-order valence-electron chi connectivity index (χ1n) is 15.4. The van der Waals surface area contributed by atoms with Gasteiger partial charge in [0.25, 0.3) is 0 Å². The first-order valence-corrected chi connectivity index (χ1v) is 16.3. The molecule has 2 heterocycles. The van der Waals surface area contributed by atoms with Crippen molar-refractivity contribution in [2.24, 2.45) is 17.8 Å². The fraction of sp³-hybridized carbons (Fsp3) is 0.618. The third-order valence-corrected chi connectivity index (χ3v) is 9.99. The van der Waals surface area contributed by atoms with E-state index in [4.69, 9.17) is 14.2 Å².